The van der Waals surface area contributed by atoms with Crippen LogP contribution in [0.15, 0.2) is 48.8 Å². The minimum absolute atomic E-state index is 0.0816. The van der Waals surface area contributed by atoms with Crippen LogP contribution in [0.5, 0.6) is 0 Å². The van der Waals surface area contributed by atoms with Gasteiger partial charge >= 0.3 is 6.18 Å². The van der Waals surface area contributed by atoms with Gasteiger partial charge in [-0.05, 0) is 42.7 Å². The molecule has 0 spiro atoms. The Kier molecular flexibility index (Phi) is 4.74. The minimum atomic E-state index is -5.07. The minimum Gasteiger partial charge on any atom is -0.372 e. The highest BCUT2D eigenvalue weighted by Gasteiger charge is 2.61. The molecule has 4 rings (SSSR count). The summed E-state index contributed by atoms with van der Waals surface area (Å²) in [6, 6.07) is 7.43. The number of hydrogen-bond donors (Lipinski definition) is 1. The normalized spacial score (nSPS) is 17.8. The predicted octanol–water partition coefficient (Wildman–Crippen LogP) is 4.29. The van der Waals surface area contributed by atoms with E-state index in [2.05, 4.69) is 5.10 Å². The molecule has 9 heteroatoms. The molecular formula is C23H21F4N3O2. The molecule has 1 aliphatic carbocycles. The molecule has 32 heavy (non-hydrogen) atoms. The Hall–Kier alpha value is -3.20. The van der Waals surface area contributed by atoms with Gasteiger partial charge in [0.15, 0.2) is 0 Å². The molecule has 2 aromatic carbocycles. The van der Waals surface area contributed by atoms with E-state index in [1.54, 1.807) is 34.0 Å². The van der Waals surface area contributed by atoms with Crippen molar-refractivity contribution >= 4 is 5.91 Å². The van der Waals surface area contributed by atoms with Crippen molar-refractivity contribution in [3.05, 3.63) is 65.7 Å². The standard InChI is InChI=1S/C23H21F4N3O2/c1-21(2,20(31)29(3)4)30-12-13(11-28-30)16-9-14(24)10-18-19(16)15-7-5-6-8-17(15)22(18,32)23(25,26)27/h5-12,32H,1-4H3. The molecule has 0 bridgehead atoms. The van der Waals surface area contributed by atoms with Crippen LogP contribution in [0, 0.1) is 5.82 Å². The van der Waals surface area contributed by atoms with Gasteiger partial charge in [0.05, 0.1) is 6.20 Å². The fourth-order valence-electron chi connectivity index (χ4n) is 4.29. The van der Waals surface area contributed by atoms with Crippen LogP contribution in [0.3, 0.4) is 0 Å². The van der Waals surface area contributed by atoms with Crippen molar-refractivity contribution in [3.8, 4) is 22.3 Å². The van der Waals surface area contributed by atoms with Crippen molar-refractivity contribution in [1.29, 1.82) is 0 Å². The molecule has 0 fully saturated rings. The van der Waals surface area contributed by atoms with Crippen molar-refractivity contribution in [3.63, 3.8) is 0 Å². The van der Waals surface area contributed by atoms with Crippen LogP contribution >= 0.6 is 0 Å². The summed E-state index contributed by atoms with van der Waals surface area (Å²) in [5, 5.41) is 15.1. The van der Waals surface area contributed by atoms with Gasteiger partial charge in [-0.2, -0.15) is 18.3 Å². The van der Waals surface area contributed by atoms with Crippen molar-refractivity contribution in [2.45, 2.75) is 31.2 Å². The number of hydrogen-bond acceptors (Lipinski definition) is 3. The monoisotopic (exact) mass is 447 g/mol. The second-order valence-corrected chi connectivity index (χ2v) is 8.56. The van der Waals surface area contributed by atoms with Gasteiger partial charge in [0.2, 0.25) is 11.5 Å². The average Bonchev–Trinajstić information content (AvgIpc) is 3.30. The highest BCUT2D eigenvalue weighted by molar-refractivity contribution is 5.92. The molecule has 1 unspecified atom stereocenters. The first kappa shape index (κ1) is 22.0. The Balaban J connectivity index is 1.96. The Morgan fingerprint density at radius 1 is 1.09 bits per heavy atom. The number of rotatable bonds is 3. The maximum Gasteiger partial charge on any atom is 0.425 e. The van der Waals surface area contributed by atoms with Crippen LogP contribution in [0.2, 0.25) is 0 Å². The van der Waals surface area contributed by atoms with Crippen LogP contribution in [-0.2, 0) is 15.9 Å². The largest absolute Gasteiger partial charge is 0.425 e. The summed E-state index contributed by atoms with van der Waals surface area (Å²) < 4.78 is 58.1. The van der Waals surface area contributed by atoms with Crippen molar-refractivity contribution in [1.82, 2.24) is 14.7 Å². The van der Waals surface area contributed by atoms with E-state index in [1.807, 2.05) is 0 Å². The van der Waals surface area contributed by atoms with Crippen LogP contribution < -0.4 is 0 Å². The molecule has 1 heterocycles. The number of benzene rings is 2. The van der Waals surface area contributed by atoms with E-state index in [-0.39, 0.29) is 28.2 Å². The molecular weight excluding hydrogens is 426 g/mol. The number of carbonyl (C=O) groups is 1. The van der Waals surface area contributed by atoms with E-state index >= 15 is 0 Å². The zero-order chi connectivity index (χ0) is 23.6. The summed E-state index contributed by atoms with van der Waals surface area (Å²) in [4.78, 5) is 14.0. The molecule has 3 aromatic rings. The number of alkyl halides is 3. The number of aromatic nitrogens is 2. The molecule has 1 atom stereocenters. The molecule has 0 aliphatic heterocycles. The lowest BCUT2D eigenvalue weighted by atomic mass is 9.89. The van der Waals surface area contributed by atoms with E-state index in [1.165, 1.54) is 40.2 Å². The van der Waals surface area contributed by atoms with Gasteiger partial charge in [0.1, 0.15) is 11.4 Å². The number of likely N-dealkylation sites (N-methyl/N-ethyl adjacent to an activating group) is 1. The zero-order valence-corrected chi connectivity index (χ0v) is 17.8. The summed E-state index contributed by atoms with van der Waals surface area (Å²) in [6.07, 6.45) is -2.21. The first-order chi connectivity index (χ1) is 14.8. The highest BCUT2D eigenvalue weighted by Crippen LogP contribution is 2.57. The topological polar surface area (TPSA) is 58.4 Å². The van der Waals surface area contributed by atoms with Gasteiger partial charge in [-0.3, -0.25) is 9.48 Å². The third-order valence-corrected chi connectivity index (χ3v) is 5.89. The number of aliphatic hydroxyl groups is 1. The molecule has 1 aliphatic rings. The Labute approximate surface area is 181 Å². The van der Waals surface area contributed by atoms with Crippen molar-refractivity contribution in [2.24, 2.45) is 0 Å². The number of carbonyl (C=O) groups excluding carboxylic acids is 1. The Bertz CT molecular complexity index is 1230. The Morgan fingerprint density at radius 3 is 2.38 bits per heavy atom. The maximum absolute atomic E-state index is 14.6. The lowest BCUT2D eigenvalue weighted by Gasteiger charge is -2.28. The van der Waals surface area contributed by atoms with Gasteiger partial charge in [0.25, 0.3) is 0 Å². The van der Waals surface area contributed by atoms with Crippen LogP contribution in [-0.4, -0.2) is 46.0 Å². The average molecular weight is 447 g/mol. The number of nitrogens with zero attached hydrogens (tertiary/aromatic N) is 3. The van der Waals surface area contributed by atoms with Crippen LogP contribution in [0.1, 0.15) is 25.0 Å². The molecule has 1 aromatic heterocycles. The summed E-state index contributed by atoms with van der Waals surface area (Å²) in [7, 11) is 3.20. The number of halogens is 4. The van der Waals surface area contributed by atoms with Crippen molar-refractivity contribution in [2.75, 3.05) is 14.1 Å². The molecule has 168 valence electrons. The van der Waals surface area contributed by atoms with Gasteiger partial charge in [-0.1, -0.05) is 24.3 Å². The van der Waals surface area contributed by atoms with E-state index in [9.17, 15) is 27.5 Å². The molecule has 1 N–H and O–H groups in total. The van der Waals surface area contributed by atoms with E-state index < -0.39 is 28.7 Å². The second kappa shape index (κ2) is 6.90. The summed E-state index contributed by atoms with van der Waals surface area (Å²) in [5.74, 6) is -1.17. The SMILES string of the molecule is CN(C)C(=O)C(C)(C)n1cc(-c2cc(F)cc3c2-c2ccccc2C3(O)C(F)(F)F)cn1. The first-order valence-electron chi connectivity index (χ1n) is 9.80. The van der Waals surface area contributed by atoms with Gasteiger partial charge in [-0.25, -0.2) is 4.39 Å². The van der Waals surface area contributed by atoms with E-state index in [0.29, 0.717) is 5.56 Å². The Morgan fingerprint density at radius 2 is 1.75 bits per heavy atom. The van der Waals surface area contributed by atoms with Crippen LogP contribution in [0.4, 0.5) is 17.6 Å². The third-order valence-electron chi connectivity index (χ3n) is 5.89. The zero-order valence-electron chi connectivity index (χ0n) is 17.8. The smallest absolute Gasteiger partial charge is 0.372 e. The molecule has 5 nitrogen and oxygen atoms in total. The third kappa shape index (κ3) is 2.95. The predicted molar refractivity (Wildman–Crippen MR) is 110 cm³/mol. The molecule has 0 radical (unpaired) electrons. The number of amides is 1. The van der Waals surface area contributed by atoms with Crippen molar-refractivity contribution < 1.29 is 27.5 Å². The fourth-order valence-corrected chi connectivity index (χ4v) is 4.29. The molecule has 0 saturated carbocycles. The highest BCUT2D eigenvalue weighted by atomic mass is 19.4. The van der Waals surface area contributed by atoms with E-state index in [0.717, 1.165) is 12.1 Å². The summed E-state index contributed by atoms with van der Waals surface area (Å²) >= 11 is 0. The van der Waals surface area contributed by atoms with Gasteiger partial charge in [-0.15, -0.1) is 0 Å². The quantitative estimate of drug-likeness (QED) is 0.610. The molecule has 1 amide bonds. The maximum atomic E-state index is 14.6. The number of fused-ring (bicyclic) bond motifs is 3. The molecule has 0 saturated heterocycles. The van der Waals surface area contributed by atoms with Crippen LogP contribution in [0.25, 0.3) is 22.3 Å². The summed E-state index contributed by atoms with van der Waals surface area (Å²) in [5.41, 5.74) is -4.64. The first-order valence-corrected chi connectivity index (χ1v) is 9.80. The second-order valence-electron chi connectivity index (χ2n) is 8.56. The fraction of sp³-hybridized carbons (Fsp3) is 0.304. The summed E-state index contributed by atoms with van der Waals surface area (Å²) in [6.45, 7) is 3.31. The van der Waals surface area contributed by atoms with E-state index in [4.69, 9.17) is 0 Å². The lowest BCUT2D eigenvalue weighted by Crippen LogP contribution is -2.44. The lowest BCUT2D eigenvalue weighted by molar-refractivity contribution is -0.246. The van der Waals surface area contributed by atoms with Gasteiger partial charge < -0.3 is 10.0 Å². The van der Waals surface area contributed by atoms with Gasteiger partial charge in [0, 0.05) is 37.0 Å².